The van der Waals surface area contributed by atoms with E-state index in [1.807, 2.05) is 12.1 Å². The van der Waals surface area contributed by atoms with Gasteiger partial charge < -0.3 is 14.8 Å². The van der Waals surface area contributed by atoms with Gasteiger partial charge in [0.25, 0.3) is 0 Å². The number of allylic oxidation sites excluding steroid dienone is 1. The van der Waals surface area contributed by atoms with Gasteiger partial charge in [-0.25, -0.2) is 0 Å². The lowest BCUT2D eigenvalue weighted by Crippen LogP contribution is -2.43. The van der Waals surface area contributed by atoms with Crippen LogP contribution in [0.3, 0.4) is 0 Å². The first-order chi connectivity index (χ1) is 11.2. The molecule has 118 valence electrons. The number of benzene rings is 1. The molecule has 0 atom stereocenters. The number of nitriles is 1. The number of nitrogens with one attached hydrogen (secondary N) is 1. The van der Waals surface area contributed by atoms with E-state index in [0.29, 0.717) is 12.2 Å². The predicted molar refractivity (Wildman–Crippen MR) is 95.1 cm³/mol. The summed E-state index contributed by atoms with van der Waals surface area (Å²) in [6.45, 7) is 14.7. The van der Waals surface area contributed by atoms with Gasteiger partial charge in [0.1, 0.15) is 11.8 Å². The van der Waals surface area contributed by atoms with Crippen molar-refractivity contribution in [3.8, 4) is 6.07 Å². The standard InChI is InChI=1S/C19H22N4/c1-4-16-5-6-19-18(15(16)3)11-17(12-20)23(19)13-14(2)22-9-7-21-8-10-22/h4-6,11,21H,1-2,7-10,13H2,3H3. The van der Waals surface area contributed by atoms with E-state index in [9.17, 15) is 5.26 Å². The molecule has 1 aliphatic rings. The first-order valence-electron chi connectivity index (χ1n) is 7.94. The molecule has 1 N–H and O–H groups in total. The lowest BCUT2D eigenvalue weighted by atomic mass is 10.0. The summed E-state index contributed by atoms with van der Waals surface area (Å²) in [6, 6.07) is 8.44. The average molecular weight is 306 g/mol. The van der Waals surface area contributed by atoms with E-state index in [-0.39, 0.29) is 0 Å². The number of hydrogen-bond acceptors (Lipinski definition) is 3. The highest BCUT2D eigenvalue weighted by Gasteiger charge is 2.16. The number of hydrogen-bond donors (Lipinski definition) is 1. The fourth-order valence-corrected chi connectivity index (χ4v) is 3.24. The molecular formula is C19H22N4. The molecule has 0 spiro atoms. The fourth-order valence-electron chi connectivity index (χ4n) is 3.24. The molecule has 1 aliphatic heterocycles. The molecular weight excluding hydrogens is 284 g/mol. The first kappa shape index (κ1) is 15.4. The summed E-state index contributed by atoms with van der Waals surface area (Å²) in [6.07, 6.45) is 1.86. The highest BCUT2D eigenvalue weighted by molar-refractivity contribution is 5.88. The molecule has 2 aromatic rings. The molecule has 4 heteroatoms. The van der Waals surface area contributed by atoms with Gasteiger partial charge in [-0.1, -0.05) is 25.3 Å². The molecule has 0 radical (unpaired) electrons. The minimum Gasteiger partial charge on any atom is -0.371 e. The van der Waals surface area contributed by atoms with Crippen LogP contribution in [0.4, 0.5) is 0 Å². The summed E-state index contributed by atoms with van der Waals surface area (Å²) in [7, 11) is 0. The molecule has 0 saturated carbocycles. The lowest BCUT2D eigenvalue weighted by molar-refractivity contribution is 0.287. The fraction of sp³-hybridized carbons (Fsp3) is 0.316. The Morgan fingerprint density at radius 3 is 2.78 bits per heavy atom. The number of rotatable bonds is 4. The number of nitrogens with zero attached hydrogens (tertiary/aromatic N) is 3. The van der Waals surface area contributed by atoms with Gasteiger partial charge in [0.2, 0.25) is 0 Å². The minimum atomic E-state index is 0.652. The summed E-state index contributed by atoms with van der Waals surface area (Å²) in [5.41, 5.74) is 5.10. The third kappa shape index (κ3) is 2.76. The Balaban J connectivity index is 1.99. The van der Waals surface area contributed by atoms with Crippen LogP contribution in [-0.4, -0.2) is 35.6 Å². The zero-order valence-electron chi connectivity index (χ0n) is 13.6. The third-order valence-electron chi connectivity index (χ3n) is 4.64. The Hall–Kier alpha value is -2.51. The molecule has 0 aliphatic carbocycles. The number of aromatic nitrogens is 1. The second-order valence-corrected chi connectivity index (χ2v) is 5.95. The van der Waals surface area contributed by atoms with E-state index in [1.54, 1.807) is 0 Å². The predicted octanol–water partition coefficient (Wildman–Crippen LogP) is 2.88. The van der Waals surface area contributed by atoms with Crippen molar-refractivity contribution >= 4 is 17.0 Å². The SMILES string of the molecule is C=Cc1ccc2c(cc(C#N)n2CC(=C)N2CCNCC2)c1C. The largest absolute Gasteiger partial charge is 0.371 e. The molecule has 1 aromatic heterocycles. The first-order valence-corrected chi connectivity index (χ1v) is 7.94. The zero-order valence-corrected chi connectivity index (χ0v) is 13.6. The number of fused-ring (bicyclic) bond motifs is 1. The Morgan fingerprint density at radius 1 is 1.39 bits per heavy atom. The second-order valence-electron chi connectivity index (χ2n) is 5.95. The Kier molecular flexibility index (Phi) is 4.22. The van der Waals surface area contributed by atoms with E-state index >= 15 is 0 Å². The molecule has 3 rings (SSSR count). The van der Waals surface area contributed by atoms with Gasteiger partial charge in [-0.15, -0.1) is 0 Å². The Morgan fingerprint density at radius 2 is 2.13 bits per heavy atom. The van der Waals surface area contributed by atoms with E-state index in [1.165, 1.54) is 5.56 Å². The summed E-state index contributed by atoms with van der Waals surface area (Å²) in [5, 5.41) is 14.0. The number of aryl methyl sites for hydroxylation is 1. The van der Waals surface area contributed by atoms with Crippen LogP contribution in [-0.2, 0) is 6.54 Å². The summed E-state index contributed by atoms with van der Waals surface area (Å²) >= 11 is 0. The molecule has 0 bridgehead atoms. The van der Waals surface area contributed by atoms with Crippen molar-refractivity contribution < 1.29 is 0 Å². The van der Waals surface area contributed by atoms with E-state index < -0.39 is 0 Å². The highest BCUT2D eigenvalue weighted by Crippen LogP contribution is 2.27. The molecule has 1 aromatic carbocycles. The molecule has 23 heavy (non-hydrogen) atoms. The van der Waals surface area contributed by atoms with Gasteiger partial charge in [0.15, 0.2) is 0 Å². The number of piperazine rings is 1. The van der Waals surface area contributed by atoms with Gasteiger partial charge in [-0.3, -0.25) is 0 Å². The van der Waals surface area contributed by atoms with Crippen LogP contribution in [0.2, 0.25) is 0 Å². The van der Waals surface area contributed by atoms with Crippen molar-refractivity contribution in [2.24, 2.45) is 0 Å². The van der Waals surface area contributed by atoms with Crippen LogP contribution >= 0.6 is 0 Å². The molecule has 1 fully saturated rings. The Bertz CT molecular complexity index is 801. The Labute approximate surface area is 137 Å². The van der Waals surface area contributed by atoms with Crippen molar-refractivity contribution in [2.45, 2.75) is 13.5 Å². The zero-order chi connectivity index (χ0) is 16.4. The van der Waals surface area contributed by atoms with Crippen molar-refractivity contribution in [1.82, 2.24) is 14.8 Å². The maximum atomic E-state index is 9.52. The maximum Gasteiger partial charge on any atom is 0.121 e. The van der Waals surface area contributed by atoms with E-state index in [4.69, 9.17) is 0 Å². The van der Waals surface area contributed by atoms with Crippen molar-refractivity contribution in [3.05, 3.63) is 53.9 Å². The molecule has 0 unspecified atom stereocenters. The van der Waals surface area contributed by atoms with Gasteiger partial charge in [0.05, 0.1) is 6.54 Å². The minimum absolute atomic E-state index is 0.652. The quantitative estimate of drug-likeness (QED) is 0.944. The van der Waals surface area contributed by atoms with Crippen molar-refractivity contribution in [2.75, 3.05) is 26.2 Å². The molecule has 2 heterocycles. The maximum absolute atomic E-state index is 9.52. The van der Waals surface area contributed by atoms with Gasteiger partial charge in [-0.2, -0.15) is 5.26 Å². The van der Waals surface area contributed by atoms with Crippen LogP contribution in [0.15, 0.2) is 37.1 Å². The van der Waals surface area contributed by atoms with Crippen LogP contribution < -0.4 is 5.32 Å². The average Bonchev–Trinajstić information content (AvgIpc) is 2.94. The van der Waals surface area contributed by atoms with Gasteiger partial charge >= 0.3 is 0 Å². The van der Waals surface area contributed by atoms with Gasteiger partial charge in [-0.05, 0) is 30.2 Å². The third-order valence-corrected chi connectivity index (χ3v) is 4.64. The van der Waals surface area contributed by atoms with E-state index in [0.717, 1.165) is 48.3 Å². The van der Waals surface area contributed by atoms with Crippen LogP contribution in [0.1, 0.15) is 16.8 Å². The molecule has 4 nitrogen and oxygen atoms in total. The van der Waals surface area contributed by atoms with Crippen LogP contribution in [0.25, 0.3) is 17.0 Å². The lowest BCUT2D eigenvalue weighted by Gasteiger charge is -2.31. The van der Waals surface area contributed by atoms with E-state index in [2.05, 4.69) is 53.1 Å². The topological polar surface area (TPSA) is 44.0 Å². The normalized spacial score (nSPS) is 14.7. The highest BCUT2D eigenvalue weighted by atomic mass is 15.2. The molecule has 1 saturated heterocycles. The van der Waals surface area contributed by atoms with Crippen molar-refractivity contribution in [3.63, 3.8) is 0 Å². The summed E-state index contributed by atoms with van der Waals surface area (Å²) in [5.74, 6) is 0. The van der Waals surface area contributed by atoms with Crippen molar-refractivity contribution in [1.29, 1.82) is 5.26 Å². The summed E-state index contributed by atoms with van der Waals surface area (Å²) in [4.78, 5) is 2.30. The molecule has 0 amide bonds. The summed E-state index contributed by atoms with van der Waals surface area (Å²) < 4.78 is 2.07. The second kappa shape index (κ2) is 6.31. The van der Waals surface area contributed by atoms with Crippen LogP contribution in [0.5, 0.6) is 0 Å². The van der Waals surface area contributed by atoms with Crippen LogP contribution in [0, 0.1) is 18.3 Å². The van der Waals surface area contributed by atoms with Gasteiger partial charge in [0, 0.05) is 42.8 Å². The monoisotopic (exact) mass is 306 g/mol. The smallest absolute Gasteiger partial charge is 0.121 e.